The van der Waals surface area contributed by atoms with Crippen LogP contribution in [0.25, 0.3) is 0 Å². The molecule has 0 radical (unpaired) electrons. The lowest BCUT2D eigenvalue weighted by Crippen LogP contribution is -2.50. The highest BCUT2D eigenvalue weighted by Gasteiger charge is 2.46. The van der Waals surface area contributed by atoms with Crippen LogP contribution in [0.2, 0.25) is 0 Å². The van der Waals surface area contributed by atoms with Crippen molar-refractivity contribution in [2.24, 2.45) is 10.8 Å². The number of piperidine rings is 2. The molecule has 298 valence electrons. The molecule has 2 atom stereocenters. The number of ether oxygens (including phenoxy) is 1. The van der Waals surface area contributed by atoms with Gasteiger partial charge in [-0.3, -0.25) is 19.3 Å². The predicted octanol–water partition coefficient (Wildman–Crippen LogP) is 4.42. The van der Waals surface area contributed by atoms with E-state index in [0.717, 1.165) is 49.9 Å². The van der Waals surface area contributed by atoms with E-state index >= 15 is 0 Å². The average molecular weight is 767 g/mol. The zero-order chi connectivity index (χ0) is 39.7. The Bertz CT molecular complexity index is 1570. The maximum Gasteiger partial charge on any atom is 0.490 e. The summed E-state index contributed by atoms with van der Waals surface area (Å²) in [7, 11) is 0. The van der Waals surface area contributed by atoms with Crippen molar-refractivity contribution in [2.45, 2.75) is 97.0 Å². The van der Waals surface area contributed by atoms with Crippen LogP contribution in [-0.2, 0) is 28.8 Å². The summed E-state index contributed by atoms with van der Waals surface area (Å²) in [5, 5.41) is 13.5. The Labute approximate surface area is 311 Å². The number of hydroxylamine groups is 4. The van der Waals surface area contributed by atoms with Gasteiger partial charge in [-0.2, -0.15) is 13.2 Å². The molecule has 2 aromatic heterocycles. The maximum atomic E-state index is 13.2. The minimum absolute atomic E-state index is 0.0438. The summed E-state index contributed by atoms with van der Waals surface area (Å²) in [6, 6.07) is -0.227. The number of carboxylic acid groups (broad SMARTS) is 1. The molecule has 0 aromatic carbocycles. The number of halogens is 3. The van der Waals surface area contributed by atoms with E-state index in [0.29, 0.717) is 39.1 Å². The summed E-state index contributed by atoms with van der Waals surface area (Å²) in [5.41, 5.74) is 0.386. The van der Waals surface area contributed by atoms with Gasteiger partial charge in [0.2, 0.25) is 0 Å². The number of carbonyl (C=O) groups excluding carboxylic acids is 3. The minimum Gasteiger partial charge on any atom is -0.475 e. The van der Waals surface area contributed by atoms with Gasteiger partial charge in [-0.15, -0.1) is 0 Å². The third-order valence-electron chi connectivity index (χ3n) is 9.64. The van der Waals surface area contributed by atoms with Gasteiger partial charge < -0.3 is 20.1 Å². The Kier molecular flexibility index (Phi) is 13.9. The normalized spacial score (nSPS) is 22.3. The molecule has 0 spiro atoms. The second-order valence-electron chi connectivity index (χ2n) is 15.0. The number of nitrogens with one attached hydrogen (secondary N) is 1. The zero-order valence-corrected chi connectivity index (χ0v) is 31.2. The predicted molar refractivity (Wildman–Crippen MR) is 183 cm³/mol. The highest BCUT2D eigenvalue weighted by molar-refractivity contribution is 5.83. The molecule has 4 aliphatic rings. The first-order chi connectivity index (χ1) is 25.3. The minimum atomic E-state index is -5.08. The SMILES string of the molecule is CC(C)(C)OC(=O)N1CCC(C)(C(=O)N2OCC[C@H]2c2cncnc2)CC1.CC1(C(=O)N2OCC[C@H]2c2cncnc2)CCNCC1.O=C(O)C(F)(F)F. The van der Waals surface area contributed by atoms with Crippen molar-refractivity contribution >= 4 is 23.9 Å². The van der Waals surface area contributed by atoms with Gasteiger partial charge in [-0.05, 0) is 59.5 Å². The van der Waals surface area contributed by atoms with Gasteiger partial charge in [0, 0.05) is 61.8 Å². The van der Waals surface area contributed by atoms with Crippen molar-refractivity contribution in [1.29, 1.82) is 0 Å². The van der Waals surface area contributed by atoms with Gasteiger partial charge in [0.15, 0.2) is 0 Å². The molecule has 4 saturated heterocycles. The van der Waals surface area contributed by atoms with E-state index in [1.54, 1.807) is 34.8 Å². The van der Waals surface area contributed by atoms with E-state index in [1.165, 1.54) is 17.7 Å². The lowest BCUT2D eigenvalue weighted by Gasteiger charge is -2.40. The fourth-order valence-electron chi connectivity index (χ4n) is 6.36. The van der Waals surface area contributed by atoms with Crippen molar-refractivity contribution in [3.63, 3.8) is 0 Å². The molecule has 0 aliphatic carbocycles. The number of rotatable bonds is 4. The lowest BCUT2D eigenvalue weighted by molar-refractivity contribution is -0.192. The third-order valence-corrected chi connectivity index (χ3v) is 9.64. The monoisotopic (exact) mass is 766 g/mol. The van der Waals surface area contributed by atoms with E-state index in [2.05, 4.69) is 25.3 Å². The van der Waals surface area contributed by atoms with Gasteiger partial charge in [0.05, 0.1) is 36.1 Å². The number of carbonyl (C=O) groups is 4. The molecule has 54 heavy (non-hydrogen) atoms. The Morgan fingerprint density at radius 2 is 1.17 bits per heavy atom. The van der Waals surface area contributed by atoms with Gasteiger partial charge in [0.25, 0.3) is 11.8 Å². The summed E-state index contributed by atoms with van der Waals surface area (Å²) in [4.78, 5) is 76.3. The summed E-state index contributed by atoms with van der Waals surface area (Å²) >= 11 is 0. The van der Waals surface area contributed by atoms with Gasteiger partial charge in [0.1, 0.15) is 18.3 Å². The Morgan fingerprint density at radius 3 is 1.54 bits per heavy atom. The quantitative estimate of drug-likeness (QED) is 0.445. The number of carboxylic acids is 1. The number of aliphatic carboxylic acids is 1. The largest absolute Gasteiger partial charge is 0.490 e. The molecule has 4 fully saturated rings. The highest BCUT2D eigenvalue weighted by Crippen LogP contribution is 2.40. The van der Waals surface area contributed by atoms with Crippen LogP contribution in [0.4, 0.5) is 18.0 Å². The summed E-state index contributed by atoms with van der Waals surface area (Å²) < 4.78 is 37.2. The molecule has 2 N–H and O–H groups in total. The fourth-order valence-corrected chi connectivity index (χ4v) is 6.36. The van der Waals surface area contributed by atoms with Crippen molar-refractivity contribution in [1.82, 2.24) is 40.3 Å². The van der Waals surface area contributed by atoms with Crippen LogP contribution >= 0.6 is 0 Å². The first kappa shape index (κ1) is 42.3. The number of hydrogen-bond acceptors (Lipinski definition) is 12. The van der Waals surface area contributed by atoms with Gasteiger partial charge >= 0.3 is 18.2 Å². The molecule has 19 heteroatoms. The van der Waals surface area contributed by atoms with E-state index in [4.69, 9.17) is 24.3 Å². The summed E-state index contributed by atoms with van der Waals surface area (Å²) in [6.45, 7) is 13.3. The molecule has 0 unspecified atom stereocenters. The van der Waals surface area contributed by atoms with E-state index in [1.807, 2.05) is 34.6 Å². The zero-order valence-electron chi connectivity index (χ0n) is 31.2. The summed E-state index contributed by atoms with van der Waals surface area (Å²) in [5.74, 6) is -2.71. The Balaban J connectivity index is 0.000000211. The molecule has 6 rings (SSSR count). The van der Waals surface area contributed by atoms with Crippen molar-refractivity contribution < 1.29 is 51.9 Å². The van der Waals surface area contributed by atoms with Crippen molar-refractivity contribution in [2.75, 3.05) is 39.4 Å². The molecule has 16 nitrogen and oxygen atoms in total. The van der Waals surface area contributed by atoms with Crippen LogP contribution in [-0.4, -0.2) is 115 Å². The second-order valence-corrected chi connectivity index (χ2v) is 15.0. The standard InChI is InChI=1S/C19H28N4O4.C14H20N4O2.C2HF3O2/c1-18(2,3)27-17(25)22-8-6-19(4,7-9-22)16(24)23-15(5-10-26-23)14-11-20-13-21-12-14;1-14(3-5-15-6-4-14)13(19)18-12(2-7-20-18)11-8-16-10-17-9-11;3-2(4,5)1(6)7/h11-13,15H,5-10H2,1-4H3;8-10,12,15H,2-7H2,1H3;(H,6,7)/t15-;12-;/m00./s1. The van der Waals surface area contributed by atoms with Crippen LogP contribution in [0.1, 0.15) is 96.4 Å². The first-order valence-corrected chi connectivity index (χ1v) is 17.8. The van der Waals surface area contributed by atoms with Crippen LogP contribution in [0.5, 0.6) is 0 Å². The highest BCUT2D eigenvalue weighted by atomic mass is 19.4. The second kappa shape index (κ2) is 17.8. The molecule has 6 heterocycles. The van der Waals surface area contributed by atoms with Crippen LogP contribution in [0.3, 0.4) is 0 Å². The number of likely N-dealkylation sites (tertiary alicyclic amines) is 1. The third kappa shape index (κ3) is 11.0. The van der Waals surface area contributed by atoms with E-state index in [-0.39, 0.29) is 35.4 Å². The Hall–Kier alpha value is -4.49. The van der Waals surface area contributed by atoms with Crippen molar-refractivity contribution in [3.05, 3.63) is 48.6 Å². The van der Waals surface area contributed by atoms with E-state index < -0.39 is 23.2 Å². The average Bonchev–Trinajstić information content (AvgIpc) is 3.83. The van der Waals surface area contributed by atoms with Crippen LogP contribution in [0.15, 0.2) is 37.4 Å². The smallest absolute Gasteiger partial charge is 0.475 e. The number of aromatic nitrogens is 4. The molecule has 4 aliphatic heterocycles. The molecule has 2 aromatic rings. The lowest BCUT2D eigenvalue weighted by atomic mass is 9.79. The number of amides is 3. The summed E-state index contributed by atoms with van der Waals surface area (Å²) in [6.07, 6.45) is 8.90. The molecule has 0 bridgehead atoms. The fraction of sp³-hybridized carbons (Fsp3) is 0.657. The molecule has 0 saturated carbocycles. The van der Waals surface area contributed by atoms with Gasteiger partial charge in [-0.1, -0.05) is 13.8 Å². The first-order valence-electron chi connectivity index (χ1n) is 17.8. The van der Waals surface area contributed by atoms with Crippen LogP contribution < -0.4 is 5.32 Å². The molecule has 3 amide bonds. The van der Waals surface area contributed by atoms with E-state index in [9.17, 15) is 27.6 Å². The topological polar surface area (TPSA) is 190 Å². The molecular formula is C35H49F3N8O8. The molecular weight excluding hydrogens is 717 g/mol. The number of nitrogens with zero attached hydrogens (tertiary/aromatic N) is 7. The van der Waals surface area contributed by atoms with Crippen molar-refractivity contribution in [3.8, 4) is 0 Å². The van der Waals surface area contributed by atoms with Gasteiger partial charge in [-0.25, -0.2) is 39.7 Å². The maximum absolute atomic E-state index is 13.2. The van der Waals surface area contributed by atoms with Crippen LogP contribution in [0, 0.1) is 10.8 Å². The number of hydrogen-bond donors (Lipinski definition) is 2. The Morgan fingerprint density at radius 1 is 0.778 bits per heavy atom. The number of alkyl halides is 3.